The molecule has 0 aliphatic rings. The van der Waals surface area contributed by atoms with Crippen molar-refractivity contribution in [1.29, 1.82) is 0 Å². The lowest BCUT2D eigenvalue weighted by molar-refractivity contribution is 0.323. The van der Waals surface area contributed by atoms with E-state index < -0.39 is 0 Å². The summed E-state index contributed by atoms with van der Waals surface area (Å²) in [5, 5.41) is 0. The maximum Gasteiger partial charge on any atom is 0.123 e. The Morgan fingerprint density at radius 1 is 0.789 bits per heavy atom. The molecule has 19 heavy (non-hydrogen) atoms. The quantitative estimate of drug-likeness (QED) is 0.779. The second kappa shape index (κ2) is 6.62. The summed E-state index contributed by atoms with van der Waals surface area (Å²) in [5.74, 6) is 1.68. The van der Waals surface area contributed by atoms with Crippen LogP contribution in [0, 0.1) is 0 Å². The van der Waals surface area contributed by atoms with Gasteiger partial charge in [-0.3, -0.25) is 0 Å². The number of hydrogen-bond acceptors (Lipinski definition) is 2. The van der Waals surface area contributed by atoms with E-state index in [1.807, 2.05) is 44.2 Å². The molecule has 0 fully saturated rings. The van der Waals surface area contributed by atoms with Crippen LogP contribution in [0.5, 0.6) is 11.5 Å². The topological polar surface area (TPSA) is 18.5 Å². The highest BCUT2D eigenvalue weighted by Crippen LogP contribution is 2.30. The van der Waals surface area contributed by atoms with Crippen molar-refractivity contribution in [3.8, 4) is 22.6 Å². The van der Waals surface area contributed by atoms with Crippen molar-refractivity contribution < 1.29 is 9.47 Å². The van der Waals surface area contributed by atoms with E-state index in [0.29, 0.717) is 13.2 Å². The molecule has 0 amide bonds. The molecular weight excluding hydrogens is 304 g/mol. The van der Waals surface area contributed by atoms with Gasteiger partial charge in [-0.25, -0.2) is 0 Å². The number of halogens is 1. The van der Waals surface area contributed by atoms with Crippen LogP contribution >= 0.6 is 15.9 Å². The largest absolute Gasteiger partial charge is 0.494 e. The molecule has 0 N–H and O–H groups in total. The molecular formula is C16H17BrO2. The van der Waals surface area contributed by atoms with E-state index in [1.54, 1.807) is 0 Å². The molecule has 0 aromatic heterocycles. The molecule has 0 aliphatic carbocycles. The van der Waals surface area contributed by atoms with Crippen LogP contribution in [-0.2, 0) is 0 Å². The summed E-state index contributed by atoms with van der Waals surface area (Å²) in [6.45, 7) is 5.25. The van der Waals surface area contributed by atoms with E-state index >= 15 is 0 Å². The molecule has 2 rings (SSSR count). The summed E-state index contributed by atoms with van der Waals surface area (Å²) < 4.78 is 12.3. The van der Waals surface area contributed by atoms with Gasteiger partial charge in [-0.1, -0.05) is 28.1 Å². The minimum absolute atomic E-state index is 0.648. The van der Waals surface area contributed by atoms with Gasteiger partial charge in [0.05, 0.1) is 13.2 Å². The molecule has 0 aliphatic heterocycles. The smallest absolute Gasteiger partial charge is 0.123 e. The van der Waals surface area contributed by atoms with Gasteiger partial charge in [-0.2, -0.15) is 0 Å². The van der Waals surface area contributed by atoms with E-state index in [0.717, 1.165) is 27.1 Å². The van der Waals surface area contributed by atoms with Gasteiger partial charge in [-0.15, -0.1) is 0 Å². The molecule has 0 atom stereocenters. The first kappa shape index (κ1) is 13.9. The van der Waals surface area contributed by atoms with Crippen molar-refractivity contribution in [3.63, 3.8) is 0 Å². The monoisotopic (exact) mass is 320 g/mol. The third kappa shape index (κ3) is 3.74. The van der Waals surface area contributed by atoms with Gasteiger partial charge in [0, 0.05) is 10.5 Å². The number of rotatable bonds is 5. The van der Waals surface area contributed by atoms with Gasteiger partial charge in [0.25, 0.3) is 0 Å². The molecule has 0 saturated heterocycles. The zero-order valence-electron chi connectivity index (χ0n) is 11.2. The molecule has 2 aromatic rings. The van der Waals surface area contributed by atoms with Crippen molar-refractivity contribution >= 4 is 15.9 Å². The standard InChI is InChI=1S/C16H17BrO2/c1-3-18-15-9-13(10-16(11-15)19-4-2)12-5-7-14(17)8-6-12/h5-11H,3-4H2,1-2H3. The summed E-state index contributed by atoms with van der Waals surface area (Å²) in [6, 6.07) is 14.2. The van der Waals surface area contributed by atoms with Crippen molar-refractivity contribution in [2.75, 3.05) is 13.2 Å². The first-order chi connectivity index (χ1) is 9.22. The number of benzene rings is 2. The van der Waals surface area contributed by atoms with Crippen LogP contribution < -0.4 is 9.47 Å². The fourth-order valence-corrected chi connectivity index (χ4v) is 2.15. The molecule has 0 unspecified atom stereocenters. The average Bonchev–Trinajstić information content (AvgIpc) is 2.40. The van der Waals surface area contributed by atoms with Crippen molar-refractivity contribution in [3.05, 3.63) is 46.9 Å². The van der Waals surface area contributed by atoms with E-state index in [2.05, 4.69) is 28.1 Å². The Kier molecular flexibility index (Phi) is 4.86. The van der Waals surface area contributed by atoms with E-state index in [9.17, 15) is 0 Å². The Morgan fingerprint density at radius 2 is 1.32 bits per heavy atom. The highest BCUT2D eigenvalue weighted by molar-refractivity contribution is 9.10. The van der Waals surface area contributed by atoms with E-state index in [1.165, 1.54) is 0 Å². The normalized spacial score (nSPS) is 10.3. The van der Waals surface area contributed by atoms with Crippen LogP contribution in [0.15, 0.2) is 46.9 Å². The lowest BCUT2D eigenvalue weighted by atomic mass is 10.1. The van der Waals surface area contributed by atoms with Crippen LogP contribution in [0.1, 0.15) is 13.8 Å². The van der Waals surface area contributed by atoms with Crippen LogP contribution in [0.2, 0.25) is 0 Å². The Hall–Kier alpha value is -1.48. The third-order valence-electron chi connectivity index (χ3n) is 2.68. The van der Waals surface area contributed by atoms with Crippen molar-refractivity contribution in [2.45, 2.75) is 13.8 Å². The molecule has 0 saturated carbocycles. The number of hydrogen-bond donors (Lipinski definition) is 0. The Labute approximate surface area is 122 Å². The molecule has 100 valence electrons. The summed E-state index contributed by atoms with van der Waals surface area (Å²) in [4.78, 5) is 0. The first-order valence-electron chi connectivity index (χ1n) is 6.39. The predicted octanol–water partition coefficient (Wildman–Crippen LogP) is 4.91. The van der Waals surface area contributed by atoms with Gasteiger partial charge in [0.1, 0.15) is 11.5 Å². The van der Waals surface area contributed by atoms with E-state index in [4.69, 9.17) is 9.47 Å². The van der Waals surface area contributed by atoms with Crippen molar-refractivity contribution in [1.82, 2.24) is 0 Å². The fourth-order valence-electron chi connectivity index (χ4n) is 1.88. The summed E-state index contributed by atoms with van der Waals surface area (Å²) in [7, 11) is 0. The highest BCUT2D eigenvalue weighted by atomic mass is 79.9. The molecule has 0 spiro atoms. The van der Waals surface area contributed by atoms with E-state index in [-0.39, 0.29) is 0 Å². The highest BCUT2D eigenvalue weighted by Gasteiger charge is 2.05. The lowest BCUT2D eigenvalue weighted by Crippen LogP contribution is -1.95. The second-order valence-corrected chi connectivity index (χ2v) is 4.98. The SMILES string of the molecule is CCOc1cc(OCC)cc(-c2ccc(Br)cc2)c1. The third-order valence-corrected chi connectivity index (χ3v) is 3.21. The number of ether oxygens (including phenoxy) is 2. The Balaban J connectivity index is 2.40. The van der Waals surface area contributed by atoms with Gasteiger partial charge in [0.2, 0.25) is 0 Å². The minimum Gasteiger partial charge on any atom is -0.494 e. The minimum atomic E-state index is 0.648. The zero-order chi connectivity index (χ0) is 13.7. The predicted molar refractivity (Wildman–Crippen MR) is 81.9 cm³/mol. The molecule has 2 nitrogen and oxygen atoms in total. The van der Waals surface area contributed by atoms with Gasteiger partial charge in [-0.05, 0) is 49.2 Å². The van der Waals surface area contributed by atoms with Crippen LogP contribution in [0.4, 0.5) is 0 Å². The zero-order valence-corrected chi connectivity index (χ0v) is 12.7. The Bertz CT molecular complexity index is 511. The molecule has 2 aromatic carbocycles. The fraction of sp³-hybridized carbons (Fsp3) is 0.250. The lowest BCUT2D eigenvalue weighted by Gasteiger charge is -2.11. The molecule has 0 radical (unpaired) electrons. The van der Waals surface area contributed by atoms with Crippen LogP contribution in [-0.4, -0.2) is 13.2 Å². The molecule has 3 heteroatoms. The van der Waals surface area contributed by atoms with Gasteiger partial charge < -0.3 is 9.47 Å². The molecule has 0 heterocycles. The van der Waals surface area contributed by atoms with Crippen LogP contribution in [0.25, 0.3) is 11.1 Å². The second-order valence-electron chi connectivity index (χ2n) is 4.07. The average molecular weight is 321 g/mol. The van der Waals surface area contributed by atoms with Gasteiger partial charge >= 0.3 is 0 Å². The first-order valence-corrected chi connectivity index (χ1v) is 7.19. The Morgan fingerprint density at radius 3 is 1.79 bits per heavy atom. The summed E-state index contributed by atoms with van der Waals surface area (Å²) in [6.07, 6.45) is 0. The maximum absolute atomic E-state index is 5.59. The summed E-state index contributed by atoms with van der Waals surface area (Å²) >= 11 is 3.45. The van der Waals surface area contributed by atoms with Crippen molar-refractivity contribution in [2.24, 2.45) is 0 Å². The van der Waals surface area contributed by atoms with Crippen LogP contribution in [0.3, 0.4) is 0 Å². The molecule has 0 bridgehead atoms. The van der Waals surface area contributed by atoms with Gasteiger partial charge in [0.15, 0.2) is 0 Å². The summed E-state index contributed by atoms with van der Waals surface area (Å²) in [5.41, 5.74) is 2.24. The maximum atomic E-state index is 5.59.